The van der Waals surface area contributed by atoms with Crippen molar-refractivity contribution >= 4 is 33.0 Å². The zero-order valence-electron chi connectivity index (χ0n) is 15.5. The Morgan fingerprint density at radius 2 is 1.59 bits per heavy atom. The lowest BCUT2D eigenvalue weighted by atomic mass is 10.2. The minimum absolute atomic E-state index is 0.118. The molecule has 0 atom stereocenters. The van der Waals surface area contributed by atoms with Gasteiger partial charge < -0.3 is 10.2 Å². The number of nitrogens with zero attached hydrogens (tertiary/aromatic N) is 4. The summed E-state index contributed by atoms with van der Waals surface area (Å²) >= 11 is 0. The smallest absolute Gasteiger partial charge is 0.266 e. The molecule has 142 valence electrons. The van der Waals surface area contributed by atoms with E-state index in [1.165, 1.54) is 0 Å². The SMILES string of the molecule is Cc1n[nH]c(C)c1S(=O)(=O)Nc1ccc(Nc2ccc(N(C)C)cc2)nn1. The summed E-state index contributed by atoms with van der Waals surface area (Å²) < 4.78 is 27.4. The van der Waals surface area contributed by atoms with Crippen LogP contribution < -0.4 is 14.9 Å². The molecule has 9 nitrogen and oxygen atoms in total. The van der Waals surface area contributed by atoms with E-state index in [4.69, 9.17) is 0 Å². The van der Waals surface area contributed by atoms with Gasteiger partial charge in [0.2, 0.25) is 0 Å². The Balaban J connectivity index is 1.72. The molecular formula is C17H21N7O2S. The van der Waals surface area contributed by atoms with Crippen LogP contribution in [0.2, 0.25) is 0 Å². The fourth-order valence-corrected chi connectivity index (χ4v) is 3.94. The first-order chi connectivity index (χ1) is 12.8. The fraction of sp³-hybridized carbons (Fsp3) is 0.235. The van der Waals surface area contributed by atoms with Gasteiger partial charge in [-0.15, -0.1) is 10.2 Å². The standard InChI is InChI=1S/C17H21N7O2S/c1-11-17(12(2)20-19-11)27(25,26)23-16-10-9-15(21-22-16)18-13-5-7-14(8-6-13)24(3)4/h5-10H,1-4H3,(H,18,21)(H,19,20)(H,22,23). The van der Waals surface area contributed by atoms with Crippen molar-refractivity contribution in [3.8, 4) is 0 Å². The highest BCUT2D eigenvalue weighted by Gasteiger charge is 2.22. The number of aryl methyl sites for hydroxylation is 2. The first-order valence-electron chi connectivity index (χ1n) is 8.19. The zero-order chi connectivity index (χ0) is 19.6. The molecule has 3 aromatic rings. The average molecular weight is 387 g/mol. The zero-order valence-corrected chi connectivity index (χ0v) is 16.3. The maximum atomic E-state index is 12.5. The minimum Gasteiger partial charge on any atom is -0.378 e. The van der Waals surface area contributed by atoms with Crippen molar-refractivity contribution in [3.05, 3.63) is 47.8 Å². The molecule has 2 heterocycles. The Morgan fingerprint density at radius 3 is 2.11 bits per heavy atom. The van der Waals surface area contributed by atoms with Crippen LogP contribution >= 0.6 is 0 Å². The molecule has 0 aliphatic heterocycles. The monoisotopic (exact) mass is 387 g/mol. The highest BCUT2D eigenvalue weighted by molar-refractivity contribution is 7.92. The number of anilines is 4. The molecule has 0 saturated carbocycles. The molecule has 0 bridgehead atoms. The lowest BCUT2D eigenvalue weighted by molar-refractivity contribution is 0.600. The van der Waals surface area contributed by atoms with Crippen molar-refractivity contribution in [1.29, 1.82) is 0 Å². The van der Waals surface area contributed by atoms with Gasteiger partial charge in [0.1, 0.15) is 4.90 Å². The molecule has 1 aromatic carbocycles. The molecule has 0 aliphatic rings. The van der Waals surface area contributed by atoms with Crippen molar-refractivity contribution in [2.45, 2.75) is 18.7 Å². The summed E-state index contributed by atoms with van der Waals surface area (Å²) in [7, 11) is 0.158. The number of aromatic nitrogens is 4. The van der Waals surface area contributed by atoms with Gasteiger partial charge in [-0.05, 0) is 50.2 Å². The summed E-state index contributed by atoms with van der Waals surface area (Å²) in [5.41, 5.74) is 2.80. The van der Waals surface area contributed by atoms with Crippen LogP contribution in [0.15, 0.2) is 41.3 Å². The van der Waals surface area contributed by atoms with Crippen molar-refractivity contribution in [2.75, 3.05) is 29.0 Å². The number of hydrogen-bond acceptors (Lipinski definition) is 7. The summed E-state index contributed by atoms with van der Waals surface area (Å²) in [4.78, 5) is 2.13. The van der Waals surface area contributed by atoms with Gasteiger partial charge in [0, 0.05) is 25.5 Å². The van der Waals surface area contributed by atoms with E-state index in [-0.39, 0.29) is 10.7 Å². The largest absolute Gasteiger partial charge is 0.378 e. The summed E-state index contributed by atoms with van der Waals surface area (Å²) in [6.45, 7) is 3.27. The van der Waals surface area contributed by atoms with Crippen LogP contribution in [0.25, 0.3) is 0 Å². The summed E-state index contributed by atoms with van der Waals surface area (Å²) in [6, 6.07) is 11.0. The lowest BCUT2D eigenvalue weighted by Gasteiger charge is -2.13. The van der Waals surface area contributed by atoms with Crippen LogP contribution in [0.3, 0.4) is 0 Å². The molecule has 0 amide bonds. The molecule has 2 aromatic heterocycles. The topological polar surface area (TPSA) is 116 Å². The van der Waals surface area contributed by atoms with Gasteiger partial charge in [-0.25, -0.2) is 8.42 Å². The number of benzene rings is 1. The molecule has 0 spiro atoms. The normalized spacial score (nSPS) is 11.3. The summed E-state index contributed by atoms with van der Waals surface area (Å²) in [5, 5.41) is 17.6. The van der Waals surface area contributed by atoms with Crippen LogP contribution in [-0.2, 0) is 10.0 Å². The van der Waals surface area contributed by atoms with Crippen LogP contribution in [0.5, 0.6) is 0 Å². The Morgan fingerprint density at radius 1 is 0.963 bits per heavy atom. The fourth-order valence-electron chi connectivity index (χ4n) is 2.57. The maximum absolute atomic E-state index is 12.5. The number of aromatic amines is 1. The van der Waals surface area contributed by atoms with Crippen LogP contribution in [0.1, 0.15) is 11.4 Å². The lowest BCUT2D eigenvalue weighted by Crippen LogP contribution is -2.16. The van der Waals surface area contributed by atoms with E-state index in [1.807, 2.05) is 43.3 Å². The second kappa shape index (κ2) is 7.23. The van der Waals surface area contributed by atoms with E-state index >= 15 is 0 Å². The summed E-state index contributed by atoms with van der Waals surface area (Å²) in [5.74, 6) is 0.634. The van der Waals surface area contributed by atoms with Gasteiger partial charge in [-0.2, -0.15) is 5.10 Å². The Labute approximate surface area is 157 Å². The van der Waals surface area contributed by atoms with E-state index in [9.17, 15) is 8.42 Å². The molecule has 0 unspecified atom stereocenters. The Bertz CT molecular complexity index is 1010. The van der Waals surface area contributed by atoms with Gasteiger partial charge in [0.25, 0.3) is 10.0 Å². The van der Waals surface area contributed by atoms with Crippen LogP contribution in [0, 0.1) is 13.8 Å². The number of hydrogen-bond donors (Lipinski definition) is 3. The highest BCUT2D eigenvalue weighted by atomic mass is 32.2. The minimum atomic E-state index is -3.79. The quantitative estimate of drug-likeness (QED) is 0.595. The molecule has 3 rings (SSSR count). The first kappa shape index (κ1) is 18.6. The van der Waals surface area contributed by atoms with Crippen LogP contribution in [0.4, 0.5) is 23.0 Å². The van der Waals surface area contributed by atoms with Crippen molar-refractivity contribution < 1.29 is 8.42 Å². The predicted octanol–water partition coefficient (Wildman–Crippen LogP) is 2.43. The van der Waals surface area contributed by atoms with Gasteiger partial charge in [-0.1, -0.05) is 0 Å². The van der Waals surface area contributed by atoms with Crippen LogP contribution in [-0.4, -0.2) is 42.9 Å². The number of sulfonamides is 1. The first-order valence-corrected chi connectivity index (χ1v) is 9.67. The third-order valence-corrected chi connectivity index (χ3v) is 5.51. The molecule has 0 saturated heterocycles. The molecule has 10 heteroatoms. The summed E-state index contributed by atoms with van der Waals surface area (Å²) in [6.07, 6.45) is 0. The molecule has 0 aliphatic carbocycles. The van der Waals surface area contributed by atoms with Gasteiger partial charge >= 0.3 is 0 Å². The van der Waals surface area contributed by atoms with E-state index in [0.717, 1.165) is 11.4 Å². The third-order valence-electron chi connectivity index (χ3n) is 3.89. The van der Waals surface area contributed by atoms with E-state index in [1.54, 1.807) is 26.0 Å². The van der Waals surface area contributed by atoms with Gasteiger partial charge in [0.05, 0.1) is 11.4 Å². The number of nitrogens with one attached hydrogen (secondary N) is 3. The Kier molecular flexibility index (Phi) is 5.00. The number of H-pyrrole nitrogens is 1. The van der Waals surface area contributed by atoms with E-state index < -0.39 is 10.0 Å². The highest BCUT2D eigenvalue weighted by Crippen LogP contribution is 2.21. The maximum Gasteiger partial charge on any atom is 0.266 e. The molecule has 3 N–H and O–H groups in total. The second-order valence-electron chi connectivity index (χ2n) is 6.24. The second-order valence-corrected chi connectivity index (χ2v) is 7.86. The third kappa shape index (κ3) is 4.17. The van der Waals surface area contributed by atoms with E-state index in [0.29, 0.717) is 17.2 Å². The molecule has 0 radical (unpaired) electrons. The van der Waals surface area contributed by atoms with Crippen molar-refractivity contribution in [3.63, 3.8) is 0 Å². The average Bonchev–Trinajstić information content (AvgIpc) is 2.96. The molecule has 27 heavy (non-hydrogen) atoms. The van der Waals surface area contributed by atoms with Gasteiger partial charge in [-0.3, -0.25) is 9.82 Å². The van der Waals surface area contributed by atoms with E-state index in [2.05, 4.69) is 30.4 Å². The predicted molar refractivity (Wildman–Crippen MR) is 105 cm³/mol. The number of rotatable bonds is 6. The van der Waals surface area contributed by atoms with Crippen molar-refractivity contribution in [2.24, 2.45) is 0 Å². The van der Waals surface area contributed by atoms with Gasteiger partial charge in [0.15, 0.2) is 11.6 Å². The molecule has 0 fully saturated rings. The van der Waals surface area contributed by atoms with Crippen molar-refractivity contribution in [1.82, 2.24) is 20.4 Å². The Hall–Kier alpha value is -3.14. The molecular weight excluding hydrogens is 366 g/mol.